The van der Waals surface area contributed by atoms with Crippen LogP contribution in [0.1, 0.15) is 110 Å². The zero-order valence-corrected chi connectivity index (χ0v) is 41.1. The van der Waals surface area contributed by atoms with Crippen molar-refractivity contribution in [2.24, 2.45) is 11.5 Å². The summed E-state index contributed by atoms with van der Waals surface area (Å²) in [4.78, 5) is 52.7. The number of rotatable bonds is 10. The molecule has 0 aliphatic carbocycles. The molecule has 10 rings (SSSR count). The van der Waals surface area contributed by atoms with Crippen LogP contribution in [-0.4, -0.2) is 58.5 Å². The van der Waals surface area contributed by atoms with Gasteiger partial charge in [-0.05, 0) is 161 Å². The number of carbonyl (C=O) groups is 3. The quantitative estimate of drug-likeness (QED) is 0.0752. The van der Waals surface area contributed by atoms with Crippen molar-refractivity contribution in [2.75, 3.05) is 0 Å². The fourth-order valence-corrected chi connectivity index (χ4v) is 10.2. The summed E-state index contributed by atoms with van der Waals surface area (Å²) in [6, 6.07) is 26.7. The average Bonchev–Trinajstić information content (AvgIpc) is 4.14. The van der Waals surface area contributed by atoms with Gasteiger partial charge in [-0.25, -0.2) is 18.7 Å². The summed E-state index contributed by atoms with van der Waals surface area (Å²) in [5.74, 6) is -0.335. The number of hydrogen-bond acceptors (Lipinski definition) is 13. The Kier molecular flexibility index (Phi) is 12.3. The number of fused-ring (bicyclic) bond motifs is 4. The highest BCUT2D eigenvalue weighted by Crippen LogP contribution is 2.47. The third-order valence-corrected chi connectivity index (χ3v) is 13.3. The van der Waals surface area contributed by atoms with E-state index in [-0.39, 0.29) is 42.5 Å². The van der Waals surface area contributed by atoms with Crippen LogP contribution in [0, 0.1) is 0 Å². The first-order valence-electron chi connectivity index (χ1n) is 24.1. The first-order valence-corrected chi connectivity index (χ1v) is 24.1. The van der Waals surface area contributed by atoms with Gasteiger partial charge in [0.25, 0.3) is 0 Å². The molecular formula is C57H58N8O7. The molecule has 6 heterocycles. The maximum atomic E-state index is 15.5. The molecule has 2 aliphatic heterocycles. The minimum Gasteiger partial charge on any atom is -0.508 e. The van der Waals surface area contributed by atoms with Crippen molar-refractivity contribution in [3.8, 4) is 34.0 Å². The van der Waals surface area contributed by atoms with Gasteiger partial charge in [0, 0.05) is 83.0 Å². The van der Waals surface area contributed by atoms with Gasteiger partial charge in [-0.15, -0.1) is 0 Å². The van der Waals surface area contributed by atoms with Gasteiger partial charge in [0.2, 0.25) is 0 Å². The van der Waals surface area contributed by atoms with Gasteiger partial charge in [-0.2, -0.15) is 0 Å². The van der Waals surface area contributed by atoms with Crippen LogP contribution in [0.25, 0.3) is 44.3 Å². The molecule has 4 atom stereocenters. The third kappa shape index (κ3) is 9.11. The lowest BCUT2D eigenvalue weighted by Gasteiger charge is -2.24. The van der Waals surface area contributed by atoms with Gasteiger partial charge in [-0.3, -0.25) is 25.4 Å². The molecule has 0 bridgehead atoms. The van der Waals surface area contributed by atoms with Crippen LogP contribution >= 0.6 is 0 Å². The monoisotopic (exact) mass is 966 g/mol. The second-order valence-corrected chi connectivity index (χ2v) is 20.8. The molecule has 72 heavy (non-hydrogen) atoms. The van der Waals surface area contributed by atoms with Gasteiger partial charge in [-0.1, -0.05) is 24.3 Å². The van der Waals surface area contributed by atoms with Crippen molar-refractivity contribution in [2.45, 2.75) is 103 Å². The molecule has 15 nitrogen and oxygen atoms in total. The Morgan fingerprint density at radius 2 is 1.04 bits per heavy atom. The van der Waals surface area contributed by atoms with Gasteiger partial charge in [0.1, 0.15) is 22.7 Å². The lowest BCUT2D eigenvalue weighted by atomic mass is 9.87. The smallest absolute Gasteiger partial charge is 0.419 e. The first-order chi connectivity index (χ1) is 34.3. The highest BCUT2D eigenvalue weighted by Gasteiger charge is 2.42. The lowest BCUT2D eigenvalue weighted by Crippen LogP contribution is -2.32. The van der Waals surface area contributed by atoms with Crippen molar-refractivity contribution < 1.29 is 34.1 Å². The van der Waals surface area contributed by atoms with Gasteiger partial charge < -0.3 is 31.2 Å². The standard InChI is InChI=1S/C57H58N8O7/c1-56(2,3)71-54(69)64-43-15-11-33(41(58)21-31-9-7-19-60-27-31)23-35(43)25-45(64)37-13-17-47(66)39-29-62-51(49(37)39)53(68)52-50-38(14-18-48(67)40(50)30-63-52)46-26-36-24-34(42(59)22-32-10-8-20-61-28-32)12-16-44(36)65(46)55(70)72-57(4,5)6/h7-20,23-28,41-42,51-52,62-63,66-67H,21-22,29-30,58-59H2,1-6H3. The lowest BCUT2D eigenvalue weighted by molar-refractivity contribution is -0.123. The van der Waals surface area contributed by atoms with E-state index < -0.39 is 35.5 Å². The summed E-state index contributed by atoms with van der Waals surface area (Å²) < 4.78 is 15.0. The molecule has 8 N–H and O–H groups in total. The number of phenols is 2. The number of benzene rings is 4. The number of phenolic OH excluding ortho intramolecular Hbond substituents is 2. The number of hydrogen-bond donors (Lipinski definition) is 6. The van der Waals surface area contributed by atoms with Crippen molar-refractivity contribution >= 4 is 39.8 Å². The Hall–Kier alpha value is -7.69. The van der Waals surface area contributed by atoms with Crippen LogP contribution in [0.4, 0.5) is 9.59 Å². The molecule has 2 aliphatic rings. The molecule has 4 unspecified atom stereocenters. The van der Waals surface area contributed by atoms with Crippen LogP contribution in [0.2, 0.25) is 0 Å². The van der Waals surface area contributed by atoms with Crippen LogP contribution in [-0.2, 0) is 40.2 Å². The molecule has 0 saturated heterocycles. The molecule has 0 amide bonds. The van der Waals surface area contributed by atoms with Crippen LogP contribution in [0.5, 0.6) is 11.5 Å². The topological polar surface area (TPSA) is 222 Å². The van der Waals surface area contributed by atoms with Gasteiger partial charge in [0.05, 0.1) is 34.5 Å². The van der Waals surface area contributed by atoms with Crippen LogP contribution < -0.4 is 22.1 Å². The SMILES string of the molecule is CC(C)(C)OC(=O)n1c(-c2ccc(O)c3c2C(C(=O)C2NCc4c(O)ccc(-c5cc6cc(C(N)Cc7cccnc7)ccc6n5C(=O)OC(C)(C)C)c42)NC3)cc2cc(C(N)Cc3cccnc3)ccc21. The predicted molar refractivity (Wildman–Crippen MR) is 275 cm³/mol. The fourth-order valence-electron chi connectivity index (χ4n) is 10.2. The number of aromatic nitrogens is 4. The van der Waals surface area contributed by atoms with E-state index in [1.807, 2.05) is 72.8 Å². The number of nitrogens with zero attached hydrogens (tertiary/aromatic N) is 4. The van der Waals surface area contributed by atoms with E-state index in [2.05, 4.69) is 20.6 Å². The molecule has 0 saturated carbocycles. The van der Waals surface area contributed by atoms with E-state index in [1.165, 1.54) is 9.13 Å². The van der Waals surface area contributed by atoms with Crippen molar-refractivity contribution in [3.63, 3.8) is 0 Å². The predicted octanol–water partition coefficient (Wildman–Crippen LogP) is 9.74. The van der Waals surface area contributed by atoms with E-state index in [1.54, 1.807) is 90.6 Å². The summed E-state index contributed by atoms with van der Waals surface area (Å²) in [6.45, 7) is 11.1. The summed E-state index contributed by atoms with van der Waals surface area (Å²) in [7, 11) is 0. The number of nitrogens with two attached hydrogens (primary N) is 2. The molecular weight excluding hydrogens is 909 g/mol. The average molecular weight is 967 g/mol. The second kappa shape index (κ2) is 18.5. The summed E-state index contributed by atoms with van der Waals surface area (Å²) in [6.07, 6.45) is 6.86. The summed E-state index contributed by atoms with van der Waals surface area (Å²) in [5.41, 5.74) is 20.6. The molecule has 0 fully saturated rings. The van der Waals surface area contributed by atoms with Crippen molar-refractivity contribution in [1.82, 2.24) is 29.7 Å². The fraction of sp³-hybridized carbons (Fsp3) is 0.281. The van der Waals surface area contributed by atoms with E-state index in [0.29, 0.717) is 68.6 Å². The number of ketones is 1. The normalized spacial score (nSPS) is 16.4. The Labute approximate surface area is 416 Å². The molecule has 4 aromatic heterocycles. The van der Waals surface area contributed by atoms with Crippen molar-refractivity contribution in [3.05, 3.63) is 166 Å². The van der Waals surface area contributed by atoms with Gasteiger partial charge in [0.15, 0.2) is 5.78 Å². The van der Waals surface area contributed by atoms with Crippen LogP contribution in [0.3, 0.4) is 0 Å². The number of carbonyl (C=O) groups excluding carboxylic acids is 3. The Bertz CT molecular complexity index is 3200. The van der Waals surface area contributed by atoms with Crippen LogP contribution in [0.15, 0.2) is 122 Å². The minimum absolute atomic E-state index is 0.0142. The Balaban J connectivity index is 1.07. The Morgan fingerprint density at radius 1 is 0.625 bits per heavy atom. The maximum absolute atomic E-state index is 15.5. The number of Topliss-reactive ketones (excluding diaryl/α,β-unsaturated/α-hetero) is 1. The van der Waals surface area contributed by atoms with E-state index in [4.69, 9.17) is 20.9 Å². The maximum Gasteiger partial charge on any atom is 0.419 e. The molecule has 0 radical (unpaired) electrons. The zero-order valence-electron chi connectivity index (χ0n) is 41.1. The Morgan fingerprint density at radius 3 is 1.42 bits per heavy atom. The number of ether oxygens (including phenoxy) is 2. The highest BCUT2D eigenvalue weighted by atomic mass is 16.6. The number of aromatic hydroxyl groups is 2. The molecule has 4 aromatic carbocycles. The van der Waals surface area contributed by atoms with E-state index >= 15 is 4.79 Å². The highest BCUT2D eigenvalue weighted by molar-refractivity contribution is 6.02. The molecule has 15 heteroatoms. The largest absolute Gasteiger partial charge is 0.508 e. The minimum atomic E-state index is -1.00. The summed E-state index contributed by atoms with van der Waals surface area (Å²) >= 11 is 0. The van der Waals surface area contributed by atoms with Crippen molar-refractivity contribution in [1.29, 1.82) is 0 Å². The zero-order chi connectivity index (χ0) is 50.8. The molecule has 8 aromatic rings. The first kappa shape index (κ1) is 48.0. The van der Waals surface area contributed by atoms with Gasteiger partial charge >= 0.3 is 12.2 Å². The third-order valence-electron chi connectivity index (χ3n) is 13.3. The summed E-state index contributed by atoms with van der Waals surface area (Å²) in [5, 5.41) is 31.1. The van der Waals surface area contributed by atoms with E-state index in [9.17, 15) is 19.8 Å². The number of pyridine rings is 2. The van der Waals surface area contributed by atoms with E-state index in [0.717, 1.165) is 33.0 Å². The second-order valence-electron chi connectivity index (χ2n) is 20.8. The number of nitrogens with one attached hydrogen (secondary N) is 2. The molecule has 368 valence electrons. The molecule has 0 spiro atoms.